The predicted octanol–water partition coefficient (Wildman–Crippen LogP) is 3.65. The molecule has 1 N–H and O–H groups in total. The predicted molar refractivity (Wildman–Crippen MR) is 107 cm³/mol. The van der Waals surface area contributed by atoms with Crippen LogP contribution in [-0.4, -0.2) is 47.2 Å². The zero-order valence-electron chi connectivity index (χ0n) is 16.1. The third-order valence-corrected chi connectivity index (χ3v) is 5.17. The van der Waals surface area contributed by atoms with E-state index in [9.17, 15) is 0 Å². The Kier molecular flexibility index (Phi) is 4.31. The minimum Gasteiger partial charge on any atom is -0.486 e. The molecule has 28 heavy (non-hydrogen) atoms. The number of ether oxygens (including phenoxy) is 3. The number of fused-ring (bicyclic) bond motifs is 2. The highest BCUT2D eigenvalue weighted by atomic mass is 16.6. The number of benzene rings is 1. The van der Waals surface area contributed by atoms with Gasteiger partial charge in [-0.3, -0.25) is 4.68 Å². The molecule has 0 saturated carbocycles. The number of anilines is 1. The largest absolute Gasteiger partial charge is 0.486 e. The third-order valence-electron chi connectivity index (χ3n) is 5.17. The van der Waals surface area contributed by atoms with E-state index in [2.05, 4.69) is 30.3 Å². The lowest BCUT2D eigenvalue weighted by Gasteiger charge is -2.21. The second kappa shape index (κ2) is 6.98. The van der Waals surface area contributed by atoms with Crippen molar-refractivity contribution in [2.24, 2.45) is 0 Å². The molecule has 0 spiro atoms. The maximum atomic E-state index is 5.91. The maximum Gasteiger partial charge on any atom is 0.170 e. The summed E-state index contributed by atoms with van der Waals surface area (Å²) in [5.74, 6) is 1.52. The van der Waals surface area contributed by atoms with E-state index >= 15 is 0 Å². The number of hydrogen-bond acceptors (Lipinski definition) is 6. The summed E-state index contributed by atoms with van der Waals surface area (Å²) in [6.07, 6.45) is 2.83. The fourth-order valence-electron chi connectivity index (χ4n) is 3.85. The van der Waals surface area contributed by atoms with Gasteiger partial charge in [-0.05, 0) is 38.5 Å². The fraction of sp³-hybridized carbons (Fsp3) is 0.429. The second-order valence-corrected chi connectivity index (χ2v) is 7.51. The van der Waals surface area contributed by atoms with Gasteiger partial charge in [0.25, 0.3) is 0 Å². The van der Waals surface area contributed by atoms with Crippen LogP contribution in [-0.2, 0) is 4.74 Å². The van der Waals surface area contributed by atoms with Gasteiger partial charge >= 0.3 is 0 Å². The highest BCUT2D eigenvalue weighted by molar-refractivity contribution is 5.92. The lowest BCUT2D eigenvalue weighted by molar-refractivity contribution is 0.172. The summed E-state index contributed by atoms with van der Waals surface area (Å²) in [5, 5.41) is 8.24. The first kappa shape index (κ1) is 17.3. The quantitative estimate of drug-likeness (QED) is 0.745. The Hall–Kier alpha value is -2.80. The molecule has 3 aromatic rings. The number of nitrogens with one attached hydrogen (secondary N) is 1. The van der Waals surface area contributed by atoms with Gasteiger partial charge in [0.1, 0.15) is 24.2 Å². The molecule has 2 aliphatic rings. The average molecular weight is 380 g/mol. The summed E-state index contributed by atoms with van der Waals surface area (Å²) < 4.78 is 19.2. The van der Waals surface area contributed by atoms with Crippen LogP contribution in [0.1, 0.15) is 26.3 Å². The number of nitrogens with zero attached hydrogens (tertiary/aromatic N) is 3. The smallest absolute Gasteiger partial charge is 0.170 e. The van der Waals surface area contributed by atoms with Gasteiger partial charge in [0.05, 0.1) is 30.2 Å². The Labute approximate surface area is 163 Å². The van der Waals surface area contributed by atoms with Gasteiger partial charge in [0.2, 0.25) is 0 Å². The summed E-state index contributed by atoms with van der Waals surface area (Å²) in [4.78, 5) is 4.90. The minimum absolute atomic E-state index is 0.242. The van der Waals surface area contributed by atoms with Crippen LogP contribution < -0.4 is 14.8 Å². The van der Waals surface area contributed by atoms with Crippen LogP contribution >= 0.6 is 0 Å². The molecule has 7 heteroatoms. The Morgan fingerprint density at radius 3 is 2.89 bits per heavy atom. The van der Waals surface area contributed by atoms with Gasteiger partial charge in [-0.1, -0.05) is 6.07 Å². The van der Waals surface area contributed by atoms with Crippen LogP contribution in [0.25, 0.3) is 22.3 Å². The van der Waals surface area contributed by atoms with Gasteiger partial charge in [-0.25, -0.2) is 4.98 Å². The van der Waals surface area contributed by atoms with E-state index in [1.165, 1.54) is 0 Å². The molecule has 5 rings (SSSR count). The molecule has 4 heterocycles. The Morgan fingerprint density at radius 2 is 2.07 bits per heavy atom. The van der Waals surface area contributed by atoms with Crippen LogP contribution in [0.4, 0.5) is 5.69 Å². The highest BCUT2D eigenvalue weighted by Crippen LogP contribution is 2.41. The van der Waals surface area contributed by atoms with Crippen LogP contribution in [0.5, 0.6) is 11.5 Å². The van der Waals surface area contributed by atoms with Crippen molar-refractivity contribution in [2.75, 3.05) is 31.7 Å². The second-order valence-electron chi connectivity index (χ2n) is 7.51. The van der Waals surface area contributed by atoms with Crippen LogP contribution in [0, 0.1) is 0 Å². The molecule has 7 nitrogen and oxygen atoms in total. The normalized spacial score (nSPS) is 18.8. The molecule has 0 amide bonds. The summed E-state index contributed by atoms with van der Waals surface area (Å²) in [5.41, 5.74) is 4.69. The fourth-order valence-corrected chi connectivity index (χ4v) is 3.85. The zero-order valence-corrected chi connectivity index (χ0v) is 16.1. The topological polar surface area (TPSA) is 70.4 Å². The molecule has 1 atom stereocenters. The first-order valence-electron chi connectivity index (χ1n) is 9.82. The van der Waals surface area contributed by atoms with E-state index in [0.717, 1.165) is 52.5 Å². The van der Waals surface area contributed by atoms with Crippen LogP contribution in [0.15, 0.2) is 30.5 Å². The van der Waals surface area contributed by atoms with Crippen molar-refractivity contribution in [3.8, 4) is 22.8 Å². The van der Waals surface area contributed by atoms with E-state index in [1.807, 2.05) is 29.1 Å². The van der Waals surface area contributed by atoms with Crippen molar-refractivity contribution in [1.82, 2.24) is 14.8 Å². The lowest BCUT2D eigenvalue weighted by atomic mass is 10.1. The molecule has 0 bridgehead atoms. The first-order valence-corrected chi connectivity index (χ1v) is 9.82. The Bertz CT molecular complexity index is 1010. The van der Waals surface area contributed by atoms with E-state index in [1.54, 1.807) is 0 Å². The number of aromatic nitrogens is 3. The zero-order chi connectivity index (χ0) is 19.1. The molecular weight excluding hydrogens is 356 g/mol. The highest BCUT2D eigenvalue weighted by Gasteiger charge is 2.23. The van der Waals surface area contributed by atoms with Gasteiger partial charge in [-0.15, -0.1) is 0 Å². The number of pyridine rings is 1. The Morgan fingerprint density at radius 1 is 1.18 bits per heavy atom. The monoisotopic (exact) mass is 380 g/mol. The van der Waals surface area contributed by atoms with Crippen molar-refractivity contribution in [3.63, 3.8) is 0 Å². The van der Waals surface area contributed by atoms with Gasteiger partial charge in [-0.2, -0.15) is 5.10 Å². The molecule has 1 saturated heterocycles. The Balaban J connectivity index is 1.66. The molecule has 0 radical (unpaired) electrons. The summed E-state index contributed by atoms with van der Waals surface area (Å²) in [6.45, 7) is 6.87. The molecule has 1 aromatic carbocycles. The number of hydrogen-bond donors (Lipinski definition) is 1. The third kappa shape index (κ3) is 2.96. The summed E-state index contributed by atoms with van der Waals surface area (Å²) in [7, 11) is 0. The summed E-state index contributed by atoms with van der Waals surface area (Å²) >= 11 is 0. The van der Waals surface area contributed by atoms with E-state index in [4.69, 9.17) is 19.2 Å². The molecule has 1 fully saturated rings. The van der Waals surface area contributed by atoms with E-state index in [-0.39, 0.29) is 6.04 Å². The van der Waals surface area contributed by atoms with Crippen molar-refractivity contribution >= 4 is 16.7 Å². The van der Waals surface area contributed by atoms with Crippen molar-refractivity contribution in [1.29, 1.82) is 0 Å². The number of para-hydroxylation sites is 1. The van der Waals surface area contributed by atoms with Gasteiger partial charge in [0, 0.05) is 18.2 Å². The van der Waals surface area contributed by atoms with Gasteiger partial charge in [0.15, 0.2) is 11.5 Å². The van der Waals surface area contributed by atoms with E-state index in [0.29, 0.717) is 25.9 Å². The SMILES string of the molecule is CC(C)n1ncc2nc(-c3cccc4c3OCCO4)cc(N[C@@H]3CCOC3)c21. The molecule has 2 aromatic heterocycles. The minimum atomic E-state index is 0.242. The first-order chi connectivity index (χ1) is 13.7. The van der Waals surface area contributed by atoms with Crippen LogP contribution in [0.3, 0.4) is 0 Å². The number of rotatable bonds is 4. The molecule has 0 unspecified atom stereocenters. The average Bonchev–Trinajstić information content (AvgIpc) is 3.37. The molecular formula is C21H24N4O3. The van der Waals surface area contributed by atoms with Crippen molar-refractivity contribution in [3.05, 3.63) is 30.5 Å². The van der Waals surface area contributed by atoms with Crippen molar-refractivity contribution in [2.45, 2.75) is 32.4 Å². The molecule has 0 aliphatic carbocycles. The maximum absolute atomic E-state index is 5.91. The summed E-state index contributed by atoms with van der Waals surface area (Å²) in [6, 6.07) is 8.56. The van der Waals surface area contributed by atoms with Gasteiger partial charge < -0.3 is 19.5 Å². The van der Waals surface area contributed by atoms with Crippen LogP contribution in [0.2, 0.25) is 0 Å². The van der Waals surface area contributed by atoms with E-state index < -0.39 is 0 Å². The lowest BCUT2D eigenvalue weighted by Crippen LogP contribution is -2.20. The molecule has 2 aliphatic heterocycles. The standard InChI is InChI=1S/C21H24N4O3/c1-13(2)25-20-17(23-14-6-7-26-12-14)10-16(24-18(20)11-22-25)15-4-3-5-19-21(15)28-9-8-27-19/h3-5,10-11,13-14H,6-9,12H2,1-2H3,(H,23,24)/t14-/m1/s1. The molecule has 146 valence electrons. The van der Waals surface area contributed by atoms with Crippen molar-refractivity contribution < 1.29 is 14.2 Å².